The quantitative estimate of drug-likeness (QED) is 0.752. The number of benzene rings is 1. The van der Waals surface area contributed by atoms with Gasteiger partial charge in [-0.2, -0.15) is 0 Å². The summed E-state index contributed by atoms with van der Waals surface area (Å²) in [6.07, 6.45) is 4.33. The van der Waals surface area contributed by atoms with Crippen LogP contribution in [0.1, 0.15) is 47.9 Å². The average Bonchev–Trinajstić information content (AvgIpc) is 2.29. The summed E-state index contributed by atoms with van der Waals surface area (Å²) < 4.78 is 0. The highest BCUT2D eigenvalue weighted by Gasteiger charge is 2.09. The summed E-state index contributed by atoms with van der Waals surface area (Å²) in [7, 11) is 0. The Morgan fingerprint density at radius 3 is 2.22 bits per heavy atom. The van der Waals surface area contributed by atoms with Gasteiger partial charge in [0.05, 0.1) is 0 Å². The molecule has 0 amide bonds. The van der Waals surface area contributed by atoms with Crippen LogP contribution in [0.5, 0.6) is 0 Å². The first-order chi connectivity index (χ1) is 8.54. The lowest BCUT2D eigenvalue weighted by atomic mass is 9.94. The predicted molar refractivity (Wildman–Crippen MR) is 76.9 cm³/mol. The van der Waals surface area contributed by atoms with E-state index in [-0.39, 0.29) is 0 Å². The summed E-state index contributed by atoms with van der Waals surface area (Å²) in [5, 5.41) is 0. The summed E-state index contributed by atoms with van der Waals surface area (Å²) in [4.78, 5) is 11.9. The smallest absolute Gasteiger partial charge is 0.137 e. The van der Waals surface area contributed by atoms with Crippen molar-refractivity contribution < 1.29 is 4.79 Å². The first kappa shape index (κ1) is 14.9. The monoisotopic (exact) mass is 247 g/mol. The Morgan fingerprint density at radius 1 is 1.06 bits per heavy atom. The molecule has 100 valence electrons. The molecule has 0 fully saturated rings. The minimum absolute atomic E-state index is 0.349. The van der Waals surface area contributed by atoms with Crippen LogP contribution in [0.2, 0.25) is 0 Å². The second kappa shape index (κ2) is 7.32. The molecule has 0 aliphatic carbocycles. The molecule has 0 atom stereocenters. The van der Waals surface area contributed by atoms with Crippen molar-refractivity contribution >= 4 is 5.78 Å². The van der Waals surface area contributed by atoms with Gasteiger partial charge in [0.2, 0.25) is 0 Å². The van der Waals surface area contributed by atoms with Crippen LogP contribution in [-0.4, -0.2) is 12.3 Å². The maximum absolute atomic E-state index is 11.9. The molecule has 0 aliphatic heterocycles. The molecule has 18 heavy (non-hydrogen) atoms. The van der Waals surface area contributed by atoms with E-state index in [4.69, 9.17) is 5.73 Å². The normalized spacial score (nSPS) is 10.7. The van der Waals surface area contributed by atoms with Crippen molar-refractivity contribution in [2.24, 2.45) is 5.73 Å². The molecule has 0 bridgehead atoms. The zero-order valence-electron chi connectivity index (χ0n) is 11.9. The molecule has 0 saturated heterocycles. The topological polar surface area (TPSA) is 43.1 Å². The highest BCUT2D eigenvalue weighted by Crippen LogP contribution is 2.18. The zero-order chi connectivity index (χ0) is 13.5. The first-order valence-electron chi connectivity index (χ1n) is 6.83. The van der Waals surface area contributed by atoms with Gasteiger partial charge < -0.3 is 5.73 Å². The van der Waals surface area contributed by atoms with Gasteiger partial charge in [-0.25, -0.2) is 0 Å². The van der Waals surface area contributed by atoms with Crippen molar-refractivity contribution in [3.05, 3.63) is 34.4 Å². The van der Waals surface area contributed by atoms with Gasteiger partial charge in [-0.1, -0.05) is 24.1 Å². The van der Waals surface area contributed by atoms with Gasteiger partial charge in [-0.15, -0.1) is 0 Å². The molecule has 0 unspecified atom stereocenters. The number of nitrogens with two attached hydrogens (primary N) is 1. The van der Waals surface area contributed by atoms with Crippen molar-refractivity contribution in [1.29, 1.82) is 0 Å². The summed E-state index contributed by atoms with van der Waals surface area (Å²) in [5.74, 6) is 0.349. The van der Waals surface area contributed by atoms with Crippen molar-refractivity contribution in [2.45, 2.75) is 52.9 Å². The van der Waals surface area contributed by atoms with E-state index in [0.29, 0.717) is 18.6 Å². The molecule has 2 N–H and O–H groups in total. The highest BCUT2D eigenvalue weighted by molar-refractivity contribution is 5.81. The maximum Gasteiger partial charge on any atom is 0.137 e. The van der Waals surface area contributed by atoms with Crippen LogP contribution >= 0.6 is 0 Å². The van der Waals surface area contributed by atoms with E-state index in [9.17, 15) is 4.79 Å². The molecule has 0 aliphatic rings. The molecule has 1 rings (SSSR count). The van der Waals surface area contributed by atoms with Crippen molar-refractivity contribution in [2.75, 3.05) is 6.54 Å². The Labute approximate surface area is 111 Å². The molecule has 2 nitrogen and oxygen atoms in total. The van der Waals surface area contributed by atoms with E-state index in [1.807, 2.05) is 0 Å². The van der Waals surface area contributed by atoms with Crippen LogP contribution in [0.3, 0.4) is 0 Å². The molecular formula is C16H25NO. The molecule has 1 aromatic rings. The van der Waals surface area contributed by atoms with Crippen LogP contribution in [0.4, 0.5) is 0 Å². The first-order valence-corrected chi connectivity index (χ1v) is 6.83. The maximum atomic E-state index is 11.9. The Morgan fingerprint density at radius 2 is 1.67 bits per heavy atom. The minimum Gasteiger partial charge on any atom is -0.330 e. The number of hydrogen-bond acceptors (Lipinski definition) is 2. The molecule has 0 aromatic heterocycles. The van der Waals surface area contributed by atoms with E-state index in [1.165, 1.54) is 22.3 Å². The number of rotatable bonds is 7. The molecule has 0 saturated carbocycles. The third kappa shape index (κ3) is 4.61. The predicted octanol–water partition coefficient (Wildman–Crippen LogP) is 3.24. The molecular weight excluding hydrogens is 222 g/mol. The summed E-state index contributed by atoms with van der Waals surface area (Å²) in [6.45, 7) is 7.01. The van der Waals surface area contributed by atoms with E-state index < -0.39 is 0 Å². The lowest BCUT2D eigenvalue weighted by Crippen LogP contribution is -2.06. The number of carbonyl (C=O) groups excluding carboxylic acids is 1. The SMILES string of the molecule is Cc1cc(C)c(CC(=O)CCCCCN)c(C)c1. The van der Waals surface area contributed by atoms with Crippen LogP contribution in [-0.2, 0) is 11.2 Å². The van der Waals surface area contributed by atoms with Crippen LogP contribution < -0.4 is 5.73 Å². The molecule has 0 spiro atoms. The zero-order valence-corrected chi connectivity index (χ0v) is 11.9. The molecule has 2 heteroatoms. The largest absolute Gasteiger partial charge is 0.330 e. The lowest BCUT2D eigenvalue weighted by Gasteiger charge is -2.10. The standard InChI is InChI=1S/C16H25NO/c1-12-9-13(2)16(14(3)10-12)11-15(18)7-5-4-6-8-17/h9-10H,4-8,11,17H2,1-3H3. The van der Waals surface area contributed by atoms with Crippen molar-refractivity contribution in [3.8, 4) is 0 Å². The van der Waals surface area contributed by atoms with E-state index in [1.54, 1.807) is 0 Å². The number of carbonyl (C=O) groups is 1. The Balaban J connectivity index is 2.54. The van der Waals surface area contributed by atoms with Gasteiger partial charge in [0.15, 0.2) is 0 Å². The fourth-order valence-electron chi connectivity index (χ4n) is 2.42. The summed E-state index contributed by atoms with van der Waals surface area (Å²) in [6, 6.07) is 4.31. The molecule has 0 radical (unpaired) electrons. The van der Waals surface area contributed by atoms with Crippen LogP contribution in [0.25, 0.3) is 0 Å². The fourth-order valence-corrected chi connectivity index (χ4v) is 2.42. The van der Waals surface area contributed by atoms with Crippen LogP contribution in [0, 0.1) is 20.8 Å². The Bertz CT molecular complexity index is 387. The van der Waals surface area contributed by atoms with Gasteiger partial charge in [-0.3, -0.25) is 4.79 Å². The Hall–Kier alpha value is -1.15. The van der Waals surface area contributed by atoms with Crippen molar-refractivity contribution in [3.63, 3.8) is 0 Å². The minimum atomic E-state index is 0.349. The number of hydrogen-bond donors (Lipinski definition) is 1. The fraction of sp³-hybridized carbons (Fsp3) is 0.562. The summed E-state index contributed by atoms with van der Waals surface area (Å²) in [5.41, 5.74) is 10.4. The van der Waals surface area contributed by atoms with Gasteiger partial charge in [0.1, 0.15) is 5.78 Å². The highest BCUT2D eigenvalue weighted by atomic mass is 16.1. The molecule has 1 aromatic carbocycles. The molecule has 0 heterocycles. The number of ketones is 1. The third-order valence-corrected chi connectivity index (χ3v) is 3.37. The van der Waals surface area contributed by atoms with E-state index in [2.05, 4.69) is 32.9 Å². The van der Waals surface area contributed by atoms with Gasteiger partial charge in [0, 0.05) is 12.8 Å². The second-order valence-corrected chi connectivity index (χ2v) is 5.19. The van der Waals surface area contributed by atoms with E-state index >= 15 is 0 Å². The van der Waals surface area contributed by atoms with Gasteiger partial charge in [0.25, 0.3) is 0 Å². The van der Waals surface area contributed by atoms with Crippen molar-refractivity contribution in [1.82, 2.24) is 0 Å². The Kier molecular flexibility index (Phi) is 6.06. The number of unbranched alkanes of at least 4 members (excludes halogenated alkanes) is 2. The van der Waals surface area contributed by atoms with E-state index in [0.717, 1.165) is 25.8 Å². The van der Waals surface area contributed by atoms with Gasteiger partial charge >= 0.3 is 0 Å². The lowest BCUT2D eigenvalue weighted by molar-refractivity contribution is -0.118. The van der Waals surface area contributed by atoms with Gasteiger partial charge in [-0.05, 0) is 56.8 Å². The number of Topliss-reactive ketones (excluding diaryl/α,β-unsaturated/α-hetero) is 1. The number of aryl methyl sites for hydroxylation is 3. The van der Waals surface area contributed by atoms with Crippen LogP contribution in [0.15, 0.2) is 12.1 Å². The second-order valence-electron chi connectivity index (χ2n) is 5.19. The summed E-state index contributed by atoms with van der Waals surface area (Å²) >= 11 is 0. The third-order valence-electron chi connectivity index (χ3n) is 3.37. The average molecular weight is 247 g/mol.